The fraction of sp³-hybridized carbons (Fsp3) is 0.571. The minimum atomic E-state index is -0.460. The van der Waals surface area contributed by atoms with Crippen molar-refractivity contribution in [1.29, 1.82) is 0 Å². The quantitative estimate of drug-likeness (QED) is 0.834. The Balaban J connectivity index is 2.83. The van der Waals surface area contributed by atoms with Gasteiger partial charge in [-0.2, -0.15) is 0 Å². The molecule has 0 aliphatic rings. The predicted octanol–water partition coefficient (Wildman–Crippen LogP) is 2.04. The van der Waals surface area contributed by atoms with Crippen molar-refractivity contribution >= 4 is 5.97 Å². The molecule has 1 aromatic rings. The van der Waals surface area contributed by atoms with Gasteiger partial charge in [-0.25, -0.2) is 0 Å². The Hall–Kier alpha value is -1.42. The first-order valence-electron chi connectivity index (χ1n) is 6.11. The lowest BCUT2D eigenvalue weighted by atomic mass is 10.1. The third-order valence-electron chi connectivity index (χ3n) is 2.56. The maximum absolute atomic E-state index is 11.7. The van der Waals surface area contributed by atoms with E-state index in [1.165, 1.54) is 0 Å². The number of hydrogen-bond acceptors (Lipinski definition) is 4. The highest BCUT2D eigenvalue weighted by Crippen LogP contribution is 2.14. The lowest BCUT2D eigenvalue weighted by Crippen LogP contribution is -2.25. The number of aromatic nitrogens is 1. The van der Waals surface area contributed by atoms with Gasteiger partial charge < -0.3 is 10.5 Å². The van der Waals surface area contributed by atoms with E-state index < -0.39 is 5.60 Å². The van der Waals surface area contributed by atoms with Crippen LogP contribution in [0.25, 0.3) is 0 Å². The van der Waals surface area contributed by atoms with Gasteiger partial charge in [0.15, 0.2) is 0 Å². The highest BCUT2D eigenvalue weighted by atomic mass is 16.6. The molecule has 0 atom stereocenters. The first-order valence-corrected chi connectivity index (χ1v) is 6.11. The number of rotatable bonds is 3. The van der Waals surface area contributed by atoms with E-state index in [9.17, 15) is 4.79 Å². The van der Waals surface area contributed by atoms with E-state index in [4.69, 9.17) is 10.5 Å². The van der Waals surface area contributed by atoms with Gasteiger partial charge in [-0.15, -0.1) is 0 Å². The summed E-state index contributed by atoms with van der Waals surface area (Å²) in [5, 5.41) is 0. The number of carbonyl (C=O) groups excluding carboxylic acids is 1. The molecule has 4 nitrogen and oxygen atoms in total. The lowest BCUT2D eigenvalue weighted by molar-refractivity contribution is -0.153. The smallest absolute Gasteiger partial charge is 0.312 e. The average Bonchev–Trinajstić information content (AvgIpc) is 2.13. The first-order chi connectivity index (χ1) is 8.23. The van der Waals surface area contributed by atoms with E-state index in [0.717, 1.165) is 22.5 Å². The molecule has 0 bridgehead atoms. The fourth-order valence-electron chi connectivity index (χ4n) is 1.86. The van der Waals surface area contributed by atoms with Gasteiger partial charge in [-0.3, -0.25) is 9.78 Å². The molecule has 1 rings (SSSR count). The molecule has 0 aromatic carbocycles. The zero-order valence-electron chi connectivity index (χ0n) is 11.8. The van der Waals surface area contributed by atoms with E-state index in [1.807, 2.05) is 40.7 Å². The van der Waals surface area contributed by atoms with Gasteiger partial charge in [-0.05, 0) is 51.8 Å². The summed E-state index contributed by atoms with van der Waals surface area (Å²) in [4.78, 5) is 16.1. The Morgan fingerprint density at radius 1 is 1.39 bits per heavy atom. The number of carbonyl (C=O) groups is 1. The third kappa shape index (κ3) is 4.11. The van der Waals surface area contributed by atoms with Crippen LogP contribution in [0.15, 0.2) is 6.07 Å². The van der Waals surface area contributed by atoms with Gasteiger partial charge in [0.2, 0.25) is 0 Å². The van der Waals surface area contributed by atoms with Crippen molar-refractivity contribution in [2.45, 2.75) is 53.2 Å². The number of aryl methyl sites for hydroxylation is 2. The van der Waals surface area contributed by atoms with Crippen LogP contribution in [0.4, 0.5) is 0 Å². The van der Waals surface area contributed by atoms with Crippen LogP contribution in [0, 0.1) is 13.8 Å². The van der Waals surface area contributed by atoms with Crippen molar-refractivity contribution in [1.82, 2.24) is 4.98 Å². The van der Waals surface area contributed by atoms with Crippen LogP contribution < -0.4 is 5.73 Å². The van der Waals surface area contributed by atoms with Crippen molar-refractivity contribution in [3.8, 4) is 0 Å². The number of esters is 1. The highest BCUT2D eigenvalue weighted by Gasteiger charge is 2.17. The molecule has 2 N–H and O–H groups in total. The molecule has 4 heteroatoms. The largest absolute Gasteiger partial charge is 0.460 e. The van der Waals surface area contributed by atoms with Crippen LogP contribution in [0.5, 0.6) is 0 Å². The topological polar surface area (TPSA) is 65.2 Å². The second-order valence-electron chi connectivity index (χ2n) is 5.46. The van der Waals surface area contributed by atoms with Crippen LogP contribution in [-0.4, -0.2) is 16.6 Å². The van der Waals surface area contributed by atoms with Gasteiger partial charge in [0.25, 0.3) is 0 Å². The van der Waals surface area contributed by atoms with E-state index in [2.05, 4.69) is 4.98 Å². The van der Waals surface area contributed by atoms with Crippen LogP contribution in [0.3, 0.4) is 0 Å². The molecule has 0 radical (unpaired) electrons. The summed E-state index contributed by atoms with van der Waals surface area (Å²) < 4.78 is 5.27. The zero-order chi connectivity index (χ0) is 13.9. The second kappa shape index (κ2) is 5.48. The molecule has 0 amide bonds. The summed E-state index contributed by atoms with van der Waals surface area (Å²) in [7, 11) is 0. The summed E-state index contributed by atoms with van der Waals surface area (Å²) in [6.45, 7) is 9.92. The highest BCUT2D eigenvalue weighted by molar-refractivity contribution is 5.72. The SMILES string of the molecule is Cc1cc(CC(=O)OC(C)(C)C)nc(C)c1CN. The molecular weight excluding hydrogens is 228 g/mol. The fourth-order valence-corrected chi connectivity index (χ4v) is 1.86. The van der Waals surface area contributed by atoms with E-state index in [0.29, 0.717) is 6.54 Å². The summed E-state index contributed by atoms with van der Waals surface area (Å²) in [5.74, 6) is -0.255. The minimum Gasteiger partial charge on any atom is -0.460 e. The number of hydrogen-bond donors (Lipinski definition) is 1. The molecule has 0 spiro atoms. The Bertz CT molecular complexity index is 425. The van der Waals surface area contributed by atoms with Gasteiger partial charge in [0.1, 0.15) is 5.60 Å². The Morgan fingerprint density at radius 3 is 2.44 bits per heavy atom. The predicted molar refractivity (Wildman–Crippen MR) is 71.2 cm³/mol. The summed E-state index contributed by atoms with van der Waals surface area (Å²) in [6, 6.07) is 1.90. The monoisotopic (exact) mass is 250 g/mol. The van der Waals surface area contributed by atoms with Crippen LogP contribution in [0.2, 0.25) is 0 Å². The molecule has 0 saturated heterocycles. The van der Waals surface area contributed by atoms with Crippen molar-refractivity contribution in [3.05, 3.63) is 28.6 Å². The molecule has 18 heavy (non-hydrogen) atoms. The van der Waals surface area contributed by atoms with Crippen LogP contribution >= 0.6 is 0 Å². The third-order valence-corrected chi connectivity index (χ3v) is 2.56. The average molecular weight is 250 g/mol. The van der Waals surface area contributed by atoms with E-state index in [-0.39, 0.29) is 12.4 Å². The molecule has 100 valence electrons. The first kappa shape index (κ1) is 14.6. The van der Waals surface area contributed by atoms with Gasteiger partial charge >= 0.3 is 5.97 Å². The van der Waals surface area contributed by atoms with Crippen molar-refractivity contribution in [2.75, 3.05) is 0 Å². The summed E-state index contributed by atoms with van der Waals surface area (Å²) >= 11 is 0. The minimum absolute atomic E-state index is 0.198. The maximum atomic E-state index is 11.7. The zero-order valence-corrected chi connectivity index (χ0v) is 11.8. The molecule has 0 fully saturated rings. The lowest BCUT2D eigenvalue weighted by Gasteiger charge is -2.19. The van der Waals surface area contributed by atoms with Crippen LogP contribution in [-0.2, 0) is 22.5 Å². The van der Waals surface area contributed by atoms with Crippen LogP contribution in [0.1, 0.15) is 43.3 Å². The Labute approximate surface area is 109 Å². The number of nitrogens with zero attached hydrogens (tertiary/aromatic N) is 1. The second-order valence-corrected chi connectivity index (χ2v) is 5.46. The van der Waals surface area contributed by atoms with Gasteiger partial charge in [0, 0.05) is 12.2 Å². The summed E-state index contributed by atoms with van der Waals surface area (Å²) in [6.07, 6.45) is 0.198. The Kier molecular flexibility index (Phi) is 4.46. The standard InChI is InChI=1S/C14H22N2O2/c1-9-6-11(16-10(2)12(9)8-15)7-13(17)18-14(3,4)5/h6H,7-8,15H2,1-5H3. The van der Waals surface area contributed by atoms with E-state index >= 15 is 0 Å². The van der Waals surface area contributed by atoms with Gasteiger partial charge in [0.05, 0.1) is 12.1 Å². The summed E-state index contributed by atoms with van der Waals surface area (Å²) in [5.41, 5.74) is 8.93. The number of pyridine rings is 1. The molecule has 1 heterocycles. The molecule has 0 aliphatic carbocycles. The van der Waals surface area contributed by atoms with E-state index in [1.54, 1.807) is 0 Å². The van der Waals surface area contributed by atoms with Crippen molar-refractivity contribution < 1.29 is 9.53 Å². The maximum Gasteiger partial charge on any atom is 0.312 e. The molecule has 1 aromatic heterocycles. The Morgan fingerprint density at radius 2 is 2.00 bits per heavy atom. The van der Waals surface area contributed by atoms with Crippen molar-refractivity contribution in [3.63, 3.8) is 0 Å². The molecule has 0 aliphatic heterocycles. The molecular formula is C14H22N2O2. The van der Waals surface area contributed by atoms with Gasteiger partial charge in [-0.1, -0.05) is 0 Å². The number of nitrogens with two attached hydrogens (primary N) is 1. The normalized spacial score (nSPS) is 11.4. The molecule has 0 saturated carbocycles. The number of ether oxygens (including phenoxy) is 1. The van der Waals surface area contributed by atoms with Crippen molar-refractivity contribution in [2.24, 2.45) is 5.73 Å². The molecule has 0 unspecified atom stereocenters.